The fraction of sp³-hybridized carbons (Fsp3) is 0.125. The summed E-state index contributed by atoms with van der Waals surface area (Å²) in [5.74, 6) is -1.12. The standard InChI is InChI=1S/C16H10O7P/c17-13-9-5-1-3-7-11(9)15(20-13)22-24(19)23-16-12-8-4-2-6-10(12)14(18)21-16/h1-8,15-16H/q+1. The van der Waals surface area contributed by atoms with Crippen molar-refractivity contribution in [2.24, 2.45) is 0 Å². The number of esters is 2. The number of fused-ring (bicyclic) bond motifs is 2. The van der Waals surface area contributed by atoms with E-state index >= 15 is 0 Å². The van der Waals surface area contributed by atoms with E-state index in [1.54, 1.807) is 48.5 Å². The van der Waals surface area contributed by atoms with Gasteiger partial charge in [0, 0.05) is 15.7 Å². The molecular weight excluding hydrogens is 335 g/mol. The molecule has 2 heterocycles. The van der Waals surface area contributed by atoms with Gasteiger partial charge >= 0.3 is 20.2 Å². The highest BCUT2D eigenvalue weighted by atomic mass is 31.1. The highest BCUT2D eigenvalue weighted by Crippen LogP contribution is 2.44. The van der Waals surface area contributed by atoms with E-state index in [-0.39, 0.29) is 0 Å². The van der Waals surface area contributed by atoms with Crippen LogP contribution >= 0.6 is 8.25 Å². The maximum atomic E-state index is 12.1. The Kier molecular flexibility index (Phi) is 3.61. The summed E-state index contributed by atoms with van der Waals surface area (Å²) in [6.07, 6.45) is -2.24. The molecule has 24 heavy (non-hydrogen) atoms. The Hall–Kier alpha value is -2.60. The number of hydrogen-bond donors (Lipinski definition) is 0. The Morgan fingerprint density at radius 2 is 1.17 bits per heavy atom. The fourth-order valence-corrected chi connectivity index (χ4v) is 3.24. The van der Waals surface area contributed by atoms with Crippen molar-refractivity contribution >= 4 is 20.2 Å². The summed E-state index contributed by atoms with van der Waals surface area (Å²) in [7, 11) is -2.69. The molecule has 2 aromatic carbocycles. The van der Waals surface area contributed by atoms with Crippen molar-refractivity contribution in [2.75, 3.05) is 0 Å². The lowest BCUT2D eigenvalue weighted by atomic mass is 10.1. The van der Waals surface area contributed by atoms with Crippen LogP contribution in [-0.4, -0.2) is 11.9 Å². The van der Waals surface area contributed by atoms with Gasteiger partial charge < -0.3 is 9.47 Å². The number of carbonyl (C=O) groups excluding carboxylic acids is 2. The lowest BCUT2D eigenvalue weighted by molar-refractivity contribution is -0.0689. The highest BCUT2D eigenvalue weighted by Gasteiger charge is 2.44. The minimum Gasteiger partial charge on any atom is -0.423 e. The molecule has 2 aliphatic heterocycles. The van der Waals surface area contributed by atoms with Crippen LogP contribution in [0.1, 0.15) is 44.4 Å². The molecule has 0 saturated heterocycles. The second-order valence-corrected chi connectivity index (χ2v) is 5.95. The van der Waals surface area contributed by atoms with Crippen molar-refractivity contribution in [3.05, 3.63) is 70.8 Å². The van der Waals surface area contributed by atoms with Crippen molar-refractivity contribution in [1.82, 2.24) is 0 Å². The number of benzene rings is 2. The van der Waals surface area contributed by atoms with E-state index in [0.29, 0.717) is 22.3 Å². The molecule has 0 bridgehead atoms. The van der Waals surface area contributed by atoms with Crippen LogP contribution in [0.3, 0.4) is 0 Å². The van der Waals surface area contributed by atoms with Gasteiger partial charge in [-0.2, -0.15) is 0 Å². The van der Waals surface area contributed by atoms with Crippen molar-refractivity contribution in [1.29, 1.82) is 0 Å². The van der Waals surface area contributed by atoms with Gasteiger partial charge in [0.05, 0.1) is 11.1 Å². The molecule has 0 radical (unpaired) electrons. The van der Waals surface area contributed by atoms with Gasteiger partial charge in [-0.25, -0.2) is 9.59 Å². The van der Waals surface area contributed by atoms with Gasteiger partial charge in [-0.1, -0.05) is 45.4 Å². The minimum absolute atomic E-state index is 0.350. The van der Waals surface area contributed by atoms with Crippen LogP contribution in [0.5, 0.6) is 0 Å². The molecule has 8 heteroatoms. The molecule has 2 aromatic rings. The largest absolute Gasteiger partial charge is 0.705 e. The van der Waals surface area contributed by atoms with E-state index in [0.717, 1.165) is 0 Å². The monoisotopic (exact) mass is 345 g/mol. The van der Waals surface area contributed by atoms with Crippen molar-refractivity contribution in [2.45, 2.75) is 12.6 Å². The van der Waals surface area contributed by atoms with Crippen LogP contribution in [0.25, 0.3) is 0 Å². The summed E-state index contributed by atoms with van der Waals surface area (Å²) in [5, 5.41) is 0. The van der Waals surface area contributed by atoms with Crippen LogP contribution in [0.2, 0.25) is 0 Å². The van der Waals surface area contributed by atoms with Gasteiger partial charge in [0.2, 0.25) is 0 Å². The van der Waals surface area contributed by atoms with Crippen molar-refractivity contribution in [3.63, 3.8) is 0 Å². The molecule has 7 nitrogen and oxygen atoms in total. The van der Waals surface area contributed by atoms with Crippen LogP contribution in [0, 0.1) is 0 Å². The summed E-state index contributed by atoms with van der Waals surface area (Å²) in [4.78, 5) is 23.4. The van der Waals surface area contributed by atoms with Gasteiger partial charge in [0.1, 0.15) is 0 Å². The van der Waals surface area contributed by atoms with Crippen LogP contribution in [-0.2, 0) is 23.1 Å². The topological polar surface area (TPSA) is 88.1 Å². The molecule has 2 unspecified atom stereocenters. The van der Waals surface area contributed by atoms with E-state index in [4.69, 9.17) is 18.5 Å². The molecule has 0 spiro atoms. The fourth-order valence-electron chi connectivity index (χ4n) is 2.56. The van der Waals surface area contributed by atoms with E-state index in [9.17, 15) is 14.2 Å². The second-order valence-electron chi connectivity index (χ2n) is 5.08. The molecule has 0 aromatic heterocycles. The molecule has 2 aliphatic rings. The second kappa shape index (κ2) is 5.79. The van der Waals surface area contributed by atoms with E-state index in [1.807, 2.05) is 0 Å². The van der Waals surface area contributed by atoms with Crippen LogP contribution in [0.4, 0.5) is 0 Å². The zero-order valence-electron chi connectivity index (χ0n) is 12.1. The van der Waals surface area contributed by atoms with Crippen LogP contribution < -0.4 is 0 Å². The third kappa shape index (κ3) is 2.49. The molecule has 120 valence electrons. The van der Waals surface area contributed by atoms with E-state index in [2.05, 4.69) is 0 Å². The predicted octanol–water partition coefficient (Wildman–Crippen LogP) is 3.42. The Morgan fingerprint density at radius 3 is 1.62 bits per heavy atom. The first-order valence-corrected chi connectivity index (χ1v) is 8.13. The lowest BCUT2D eigenvalue weighted by Gasteiger charge is -2.05. The van der Waals surface area contributed by atoms with Gasteiger partial charge in [-0.15, -0.1) is 0 Å². The third-order valence-corrected chi connectivity index (χ3v) is 4.39. The molecule has 0 amide bonds. The Balaban J connectivity index is 1.48. The molecule has 4 rings (SSSR count). The number of cyclic esters (lactones) is 2. The van der Waals surface area contributed by atoms with Gasteiger partial charge in [0.15, 0.2) is 0 Å². The summed E-state index contributed by atoms with van der Waals surface area (Å²) < 4.78 is 32.5. The summed E-state index contributed by atoms with van der Waals surface area (Å²) in [6, 6.07) is 13.2. The van der Waals surface area contributed by atoms with Gasteiger partial charge in [-0.3, -0.25) is 0 Å². The average molecular weight is 345 g/mol. The van der Waals surface area contributed by atoms with E-state index in [1.165, 1.54) is 0 Å². The number of ether oxygens (including phenoxy) is 2. The highest BCUT2D eigenvalue weighted by molar-refractivity contribution is 7.33. The zero-order valence-corrected chi connectivity index (χ0v) is 13.0. The SMILES string of the molecule is O=C1OC(O[P+](=O)OC2OC(=O)c3ccccc32)c2ccccc21. The van der Waals surface area contributed by atoms with Gasteiger partial charge in [-0.05, 0) is 12.1 Å². The van der Waals surface area contributed by atoms with Gasteiger partial charge in [0.25, 0.3) is 12.6 Å². The third-order valence-electron chi connectivity index (χ3n) is 3.66. The first kappa shape index (κ1) is 15.0. The minimum atomic E-state index is -2.69. The summed E-state index contributed by atoms with van der Waals surface area (Å²) in [5.41, 5.74) is 1.64. The van der Waals surface area contributed by atoms with Crippen LogP contribution in [0.15, 0.2) is 48.5 Å². The Bertz CT molecular complexity index is 794. The maximum Gasteiger partial charge on any atom is 0.705 e. The number of carbonyl (C=O) groups is 2. The predicted molar refractivity (Wildman–Crippen MR) is 79.0 cm³/mol. The van der Waals surface area contributed by atoms with Crippen molar-refractivity contribution in [3.8, 4) is 0 Å². The normalized spacial score (nSPS) is 21.8. The molecular formula is C16H10O7P+. The summed E-state index contributed by atoms with van der Waals surface area (Å²) in [6.45, 7) is 0. The molecule has 0 saturated carbocycles. The van der Waals surface area contributed by atoms with Crippen molar-refractivity contribution < 1.29 is 32.7 Å². The first-order chi connectivity index (χ1) is 11.6. The molecule has 0 N–H and O–H groups in total. The smallest absolute Gasteiger partial charge is 0.423 e. The molecule has 0 aliphatic carbocycles. The summed E-state index contributed by atoms with van der Waals surface area (Å²) >= 11 is 0. The quantitative estimate of drug-likeness (QED) is 0.620. The number of hydrogen-bond acceptors (Lipinski definition) is 7. The Labute approximate surface area is 137 Å². The van der Waals surface area contributed by atoms with E-state index < -0.39 is 32.8 Å². The first-order valence-electron chi connectivity index (χ1n) is 7.04. The maximum absolute atomic E-state index is 12.1. The molecule has 2 atom stereocenters. The zero-order chi connectivity index (χ0) is 16.7. The molecule has 0 fully saturated rings. The average Bonchev–Trinajstić information content (AvgIpc) is 3.07. The lowest BCUT2D eigenvalue weighted by Crippen LogP contribution is -2.03. The number of rotatable bonds is 4. The Morgan fingerprint density at radius 1 is 0.750 bits per heavy atom.